The molecule has 0 bridgehead atoms. The van der Waals surface area contributed by atoms with E-state index in [1.165, 1.54) is 0 Å². The average Bonchev–Trinajstić information content (AvgIpc) is 2.27. The summed E-state index contributed by atoms with van der Waals surface area (Å²) >= 11 is 0. The Kier molecular flexibility index (Phi) is 5.11. The number of rotatable bonds is 7. The van der Waals surface area contributed by atoms with Crippen molar-refractivity contribution in [2.75, 3.05) is 30.5 Å². The van der Waals surface area contributed by atoms with Crippen LogP contribution in [0.3, 0.4) is 0 Å². The van der Waals surface area contributed by atoms with Gasteiger partial charge in [-0.1, -0.05) is 0 Å². The lowest BCUT2D eigenvalue weighted by Crippen LogP contribution is -2.21. The van der Waals surface area contributed by atoms with Crippen LogP contribution < -0.4 is 22.3 Å². The van der Waals surface area contributed by atoms with Gasteiger partial charge in [-0.3, -0.25) is 4.79 Å². The molecule has 1 aromatic rings. The van der Waals surface area contributed by atoms with E-state index in [4.69, 9.17) is 16.3 Å². The monoisotopic (exact) mass is 240 g/mol. The van der Waals surface area contributed by atoms with Crippen LogP contribution in [0.5, 0.6) is 0 Å². The zero-order valence-electron chi connectivity index (χ0n) is 9.56. The molecule has 1 rings (SSSR count). The van der Waals surface area contributed by atoms with E-state index in [1.807, 2.05) is 0 Å². The number of anilines is 2. The Labute approximate surface area is 98.7 Å². The van der Waals surface area contributed by atoms with E-state index in [0.29, 0.717) is 30.6 Å². The molecule has 8 heteroatoms. The summed E-state index contributed by atoms with van der Waals surface area (Å²) in [7, 11) is 0. The topological polar surface area (TPSA) is 128 Å². The fraction of sp³-hybridized carbons (Fsp3) is 0.444. The fourth-order valence-electron chi connectivity index (χ4n) is 1.16. The van der Waals surface area contributed by atoms with Gasteiger partial charge < -0.3 is 21.2 Å². The molecule has 1 heterocycles. The number of nitrogens with zero attached hydrogens (tertiary/aromatic N) is 2. The number of hydrogen-bond donors (Lipinski definition) is 4. The molecule has 94 valence electrons. The van der Waals surface area contributed by atoms with Gasteiger partial charge in [-0.05, 0) is 6.92 Å². The van der Waals surface area contributed by atoms with Gasteiger partial charge in [0.1, 0.15) is 24.1 Å². The second-order valence-electron chi connectivity index (χ2n) is 3.28. The first-order chi connectivity index (χ1) is 8.11. The minimum Gasteiger partial charge on any atom is -0.370 e. The number of amides is 1. The van der Waals surface area contributed by atoms with Gasteiger partial charge in [-0.2, -0.15) is 0 Å². The number of carbonyl (C=O) groups is 1. The summed E-state index contributed by atoms with van der Waals surface area (Å²) in [5, 5.41) is 3.01. The highest BCUT2D eigenvalue weighted by Gasteiger charge is 2.00. The van der Waals surface area contributed by atoms with Crippen LogP contribution in [0.2, 0.25) is 0 Å². The van der Waals surface area contributed by atoms with E-state index in [1.54, 1.807) is 13.0 Å². The molecule has 0 saturated carbocycles. The number of aromatic nitrogens is 2. The molecule has 1 aromatic heterocycles. The molecule has 0 aliphatic rings. The standard InChI is InChI=1S/C9H16N6O2/c1-6-13-8(4-9(14-6)15-11)12-2-3-17-5-7(10)16/h4H,2-3,5,11H2,1H3,(H2,10,16)(H2,12,13,14,15). The number of ether oxygens (including phenoxy) is 1. The minimum absolute atomic E-state index is 0.0832. The van der Waals surface area contributed by atoms with E-state index in [-0.39, 0.29) is 6.61 Å². The first-order valence-electron chi connectivity index (χ1n) is 5.04. The Morgan fingerprint density at radius 2 is 2.18 bits per heavy atom. The van der Waals surface area contributed by atoms with Gasteiger partial charge >= 0.3 is 0 Å². The molecule has 6 N–H and O–H groups in total. The predicted molar refractivity (Wildman–Crippen MR) is 63.1 cm³/mol. The summed E-state index contributed by atoms with van der Waals surface area (Å²) in [6.45, 7) is 2.54. The van der Waals surface area contributed by atoms with Crippen LogP contribution in [0.15, 0.2) is 6.07 Å². The van der Waals surface area contributed by atoms with Gasteiger partial charge in [-0.15, -0.1) is 0 Å². The molecular weight excluding hydrogens is 224 g/mol. The molecule has 17 heavy (non-hydrogen) atoms. The number of nitrogens with one attached hydrogen (secondary N) is 2. The molecule has 0 radical (unpaired) electrons. The Morgan fingerprint density at radius 3 is 2.82 bits per heavy atom. The third-order valence-electron chi connectivity index (χ3n) is 1.78. The number of primary amides is 1. The van der Waals surface area contributed by atoms with Crippen molar-refractivity contribution < 1.29 is 9.53 Å². The summed E-state index contributed by atoms with van der Waals surface area (Å²) in [4.78, 5) is 18.6. The average molecular weight is 240 g/mol. The molecule has 1 amide bonds. The second-order valence-corrected chi connectivity index (χ2v) is 3.28. The van der Waals surface area contributed by atoms with E-state index in [2.05, 4.69) is 20.7 Å². The van der Waals surface area contributed by atoms with E-state index < -0.39 is 5.91 Å². The number of nitrogens with two attached hydrogens (primary N) is 2. The molecule has 0 aromatic carbocycles. The van der Waals surface area contributed by atoms with Crippen molar-refractivity contribution in [2.24, 2.45) is 11.6 Å². The van der Waals surface area contributed by atoms with Crippen molar-refractivity contribution in [1.82, 2.24) is 9.97 Å². The highest BCUT2D eigenvalue weighted by molar-refractivity contribution is 5.74. The smallest absolute Gasteiger partial charge is 0.243 e. The van der Waals surface area contributed by atoms with Gasteiger partial charge in [0.05, 0.1) is 6.61 Å². The maximum absolute atomic E-state index is 10.4. The van der Waals surface area contributed by atoms with E-state index >= 15 is 0 Å². The zero-order chi connectivity index (χ0) is 12.7. The number of nitrogen functional groups attached to an aromatic ring is 1. The Morgan fingerprint density at radius 1 is 1.47 bits per heavy atom. The molecule has 0 atom stereocenters. The van der Waals surface area contributed by atoms with Gasteiger partial charge in [0, 0.05) is 12.6 Å². The maximum atomic E-state index is 10.4. The van der Waals surface area contributed by atoms with Crippen LogP contribution in [0, 0.1) is 6.92 Å². The van der Waals surface area contributed by atoms with Crippen LogP contribution in [-0.2, 0) is 9.53 Å². The SMILES string of the molecule is Cc1nc(NN)cc(NCCOCC(N)=O)n1. The van der Waals surface area contributed by atoms with Gasteiger partial charge in [0.2, 0.25) is 5.91 Å². The van der Waals surface area contributed by atoms with Crippen molar-refractivity contribution in [2.45, 2.75) is 6.92 Å². The maximum Gasteiger partial charge on any atom is 0.243 e. The number of carbonyl (C=O) groups excluding carboxylic acids is 1. The predicted octanol–water partition coefficient (Wildman–Crippen LogP) is -1.02. The van der Waals surface area contributed by atoms with Gasteiger partial charge in [0.15, 0.2) is 0 Å². The molecule has 0 spiro atoms. The molecule has 0 aliphatic carbocycles. The van der Waals surface area contributed by atoms with Crippen molar-refractivity contribution in [3.05, 3.63) is 11.9 Å². The minimum atomic E-state index is -0.488. The molecule has 0 unspecified atom stereocenters. The van der Waals surface area contributed by atoms with E-state index in [9.17, 15) is 4.79 Å². The lowest BCUT2D eigenvalue weighted by molar-refractivity contribution is -0.122. The van der Waals surface area contributed by atoms with Crippen LogP contribution in [0.4, 0.5) is 11.6 Å². The Hall–Kier alpha value is -1.93. The van der Waals surface area contributed by atoms with Gasteiger partial charge in [0.25, 0.3) is 0 Å². The Bertz CT molecular complexity index is 384. The third kappa shape index (κ3) is 5.09. The summed E-state index contributed by atoms with van der Waals surface area (Å²) in [6, 6.07) is 1.67. The summed E-state index contributed by atoms with van der Waals surface area (Å²) < 4.78 is 4.98. The third-order valence-corrected chi connectivity index (χ3v) is 1.78. The lowest BCUT2D eigenvalue weighted by atomic mass is 10.5. The fourth-order valence-corrected chi connectivity index (χ4v) is 1.16. The molecule has 0 saturated heterocycles. The van der Waals surface area contributed by atoms with Crippen LogP contribution >= 0.6 is 0 Å². The summed E-state index contributed by atoms with van der Waals surface area (Å²) in [6.07, 6.45) is 0. The second kappa shape index (κ2) is 6.61. The molecule has 0 aliphatic heterocycles. The van der Waals surface area contributed by atoms with Crippen molar-refractivity contribution in [3.8, 4) is 0 Å². The zero-order valence-corrected chi connectivity index (χ0v) is 9.56. The van der Waals surface area contributed by atoms with Crippen molar-refractivity contribution in [1.29, 1.82) is 0 Å². The highest BCUT2D eigenvalue weighted by atomic mass is 16.5. The molecule has 8 nitrogen and oxygen atoms in total. The van der Waals surface area contributed by atoms with Crippen molar-refractivity contribution in [3.63, 3.8) is 0 Å². The van der Waals surface area contributed by atoms with Crippen LogP contribution in [-0.4, -0.2) is 35.6 Å². The number of hydrazine groups is 1. The highest BCUT2D eigenvalue weighted by Crippen LogP contribution is 2.09. The van der Waals surface area contributed by atoms with Crippen molar-refractivity contribution >= 4 is 17.5 Å². The largest absolute Gasteiger partial charge is 0.370 e. The first-order valence-corrected chi connectivity index (χ1v) is 5.04. The Balaban J connectivity index is 2.36. The van der Waals surface area contributed by atoms with Gasteiger partial charge in [-0.25, -0.2) is 15.8 Å². The lowest BCUT2D eigenvalue weighted by Gasteiger charge is -2.08. The van der Waals surface area contributed by atoms with E-state index in [0.717, 1.165) is 0 Å². The van der Waals surface area contributed by atoms with Crippen LogP contribution in [0.1, 0.15) is 5.82 Å². The first kappa shape index (κ1) is 13.1. The summed E-state index contributed by atoms with van der Waals surface area (Å²) in [5.74, 6) is 6.52. The quantitative estimate of drug-likeness (QED) is 0.273. The molecular formula is C9H16N6O2. The number of hydrogen-bond acceptors (Lipinski definition) is 7. The van der Waals surface area contributed by atoms with Crippen LogP contribution in [0.25, 0.3) is 0 Å². The normalized spacial score (nSPS) is 10.0. The summed E-state index contributed by atoms with van der Waals surface area (Å²) in [5.41, 5.74) is 7.36. The number of aryl methyl sites for hydroxylation is 1. The molecule has 0 fully saturated rings.